The summed E-state index contributed by atoms with van der Waals surface area (Å²) in [5.41, 5.74) is 1.10. The third kappa shape index (κ3) is 5.85. The molecule has 0 unspecified atom stereocenters. The Morgan fingerprint density at radius 3 is 2.29 bits per heavy atom. The maximum atomic E-state index is 4.17. The summed E-state index contributed by atoms with van der Waals surface area (Å²) in [6.45, 7) is 7.59. The van der Waals surface area contributed by atoms with Crippen LogP contribution in [0.25, 0.3) is 0 Å². The van der Waals surface area contributed by atoms with Crippen molar-refractivity contribution in [2.24, 2.45) is 0 Å². The van der Waals surface area contributed by atoms with Gasteiger partial charge in [-0.2, -0.15) is 0 Å². The Morgan fingerprint density at radius 2 is 1.71 bits per heavy atom. The van der Waals surface area contributed by atoms with Crippen LogP contribution in [0.2, 0.25) is 0 Å². The van der Waals surface area contributed by atoms with Crippen molar-refractivity contribution in [2.75, 3.05) is 0 Å². The lowest BCUT2D eigenvalue weighted by Crippen LogP contribution is -1.98. The van der Waals surface area contributed by atoms with Gasteiger partial charge in [-0.15, -0.1) is 5.10 Å². The molecule has 98 valence electrons. The van der Waals surface area contributed by atoms with Gasteiger partial charge in [0.2, 0.25) is 0 Å². The van der Waals surface area contributed by atoms with Gasteiger partial charge < -0.3 is 0 Å². The molecule has 3 nitrogen and oxygen atoms in total. The second-order valence-corrected chi connectivity index (χ2v) is 5.18. The monoisotopic (exact) mass is 237 g/mol. The van der Waals surface area contributed by atoms with E-state index in [9.17, 15) is 0 Å². The van der Waals surface area contributed by atoms with Crippen LogP contribution in [0.5, 0.6) is 0 Å². The summed E-state index contributed by atoms with van der Waals surface area (Å²) in [4.78, 5) is 0. The molecule has 0 spiro atoms. The smallest absolute Gasteiger partial charge is 0.0852 e. The molecule has 0 atom stereocenters. The first-order chi connectivity index (χ1) is 8.24. The Bertz CT molecular complexity index is 291. The summed E-state index contributed by atoms with van der Waals surface area (Å²) in [6.07, 6.45) is 11.5. The van der Waals surface area contributed by atoms with E-state index in [0.29, 0.717) is 5.92 Å². The van der Waals surface area contributed by atoms with Crippen LogP contribution in [-0.4, -0.2) is 15.0 Å². The van der Waals surface area contributed by atoms with Crippen molar-refractivity contribution in [1.82, 2.24) is 15.0 Å². The van der Waals surface area contributed by atoms with Gasteiger partial charge in [0.1, 0.15) is 0 Å². The summed E-state index contributed by atoms with van der Waals surface area (Å²) in [5, 5.41) is 8.32. The van der Waals surface area contributed by atoms with Gasteiger partial charge in [-0.05, 0) is 12.3 Å². The van der Waals surface area contributed by atoms with Crippen molar-refractivity contribution in [1.29, 1.82) is 0 Å². The van der Waals surface area contributed by atoms with Gasteiger partial charge in [-0.3, -0.25) is 4.68 Å². The van der Waals surface area contributed by atoms with Crippen LogP contribution >= 0.6 is 0 Å². The van der Waals surface area contributed by atoms with E-state index in [1.807, 2.05) is 4.68 Å². The molecule has 0 saturated heterocycles. The number of aromatic nitrogens is 3. The topological polar surface area (TPSA) is 30.7 Å². The minimum Gasteiger partial charge on any atom is -0.252 e. The van der Waals surface area contributed by atoms with E-state index in [0.717, 1.165) is 12.2 Å². The SMILES string of the molecule is CCCCCCCCCn1cc(C(C)C)nn1. The molecule has 0 aliphatic carbocycles. The van der Waals surface area contributed by atoms with Crippen molar-refractivity contribution in [3.63, 3.8) is 0 Å². The lowest BCUT2D eigenvalue weighted by atomic mass is 10.1. The summed E-state index contributed by atoms with van der Waals surface area (Å²) in [5.74, 6) is 0.484. The molecule has 0 saturated carbocycles. The molecule has 0 N–H and O–H groups in total. The van der Waals surface area contributed by atoms with Crippen LogP contribution in [0.4, 0.5) is 0 Å². The molecule has 0 aliphatic rings. The molecule has 17 heavy (non-hydrogen) atoms. The second kappa shape index (κ2) is 8.26. The van der Waals surface area contributed by atoms with Crippen molar-refractivity contribution >= 4 is 0 Å². The standard InChI is InChI=1S/C14H27N3/c1-4-5-6-7-8-9-10-11-17-12-14(13(2)3)15-16-17/h12-13H,4-11H2,1-3H3. The van der Waals surface area contributed by atoms with Crippen LogP contribution in [0.3, 0.4) is 0 Å². The van der Waals surface area contributed by atoms with E-state index in [4.69, 9.17) is 0 Å². The predicted molar refractivity (Wildman–Crippen MR) is 72.1 cm³/mol. The lowest BCUT2D eigenvalue weighted by Gasteiger charge is -2.01. The van der Waals surface area contributed by atoms with E-state index >= 15 is 0 Å². The summed E-state index contributed by atoms with van der Waals surface area (Å²) >= 11 is 0. The van der Waals surface area contributed by atoms with Crippen LogP contribution in [0.15, 0.2) is 6.20 Å². The zero-order valence-corrected chi connectivity index (χ0v) is 11.7. The van der Waals surface area contributed by atoms with Crippen LogP contribution < -0.4 is 0 Å². The van der Waals surface area contributed by atoms with Gasteiger partial charge in [-0.1, -0.05) is 64.5 Å². The molecule has 1 heterocycles. The molecule has 0 bridgehead atoms. The highest BCUT2D eigenvalue weighted by Crippen LogP contribution is 2.11. The minimum absolute atomic E-state index is 0.484. The average Bonchev–Trinajstić information content (AvgIpc) is 2.77. The fourth-order valence-electron chi connectivity index (χ4n) is 1.92. The van der Waals surface area contributed by atoms with Gasteiger partial charge in [0, 0.05) is 12.7 Å². The molecule has 3 heteroatoms. The molecule has 0 aliphatic heterocycles. The van der Waals surface area contributed by atoms with Crippen molar-refractivity contribution in [2.45, 2.75) is 78.2 Å². The molecule has 0 fully saturated rings. The molecule has 0 aromatic carbocycles. The van der Waals surface area contributed by atoms with Gasteiger partial charge in [0.15, 0.2) is 0 Å². The third-order valence-electron chi connectivity index (χ3n) is 3.14. The largest absolute Gasteiger partial charge is 0.252 e. The quantitative estimate of drug-likeness (QED) is 0.604. The Labute approximate surface area is 106 Å². The maximum absolute atomic E-state index is 4.17. The Balaban J connectivity index is 2.05. The van der Waals surface area contributed by atoms with E-state index < -0.39 is 0 Å². The first-order valence-electron chi connectivity index (χ1n) is 7.14. The molecule has 0 amide bonds. The van der Waals surface area contributed by atoms with E-state index in [1.165, 1.54) is 44.9 Å². The normalized spacial score (nSPS) is 11.3. The summed E-state index contributed by atoms with van der Waals surface area (Å²) in [7, 11) is 0. The number of hydrogen-bond donors (Lipinski definition) is 0. The first-order valence-corrected chi connectivity index (χ1v) is 7.14. The number of rotatable bonds is 9. The zero-order chi connectivity index (χ0) is 12.5. The van der Waals surface area contributed by atoms with Gasteiger partial charge in [0.25, 0.3) is 0 Å². The first kappa shape index (κ1) is 14.2. The number of unbranched alkanes of at least 4 members (excludes halogenated alkanes) is 6. The van der Waals surface area contributed by atoms with Gasteiger partial charge in [0.05, 0.1) is 5.69 Å². The van der Waals surface area contributed by atoms with E-state index in [-0.39, 0.29) is 0 Å². The molecule has 0 radical (unpaired) electrons. The third-order valence-corrected chi connectivity index (χ3v) is 3.14. The number of nitrogens with zero attached hydrogens (tertiary/aromatic N) is 3. The van der Waals surface area contributed by atoms with Crippen molar-refractivity contribution in [3.8, 4) is 0 Å². The Kier molecular flexibility index (Phi) is 6.90. The number of hydrogen-bond acceptors (Lipinski definition) is 2. The molecular formula is C14H27N3. The predicted octanol–water partition coefficient (Wildman–Crippen LogP) is 4.15. The highest BCUT2D eigenvalue weighted by Gasteiger charge is 2.03. The van der Waals surface area contributed by atoms with Crippen molar-refractivity contribution < 1.29 is 0 Å². The maximum Gasteiger partial charge on any atom is 0.0852 e. The van der Waals surface area contributed by atoms with E-state index in [2.05, 4.69) is 37.3 Å². The van der Waals surface area contributed by atoms with Crippen molar-refractivity contribution in [3.05, 3.63) is 11.9 Å². The molecule has 1 aromatic rings. The fraction of sp³-hybridized carbons (Fsp3) is 0.857. The molecular weight excluding hydrogens is 210 g/mol. The average molecular weight is 237 g/mol. The van der Waals surface area contributed by atoms with Crippen LogP contribution in [-0.2, 0) is 6.54 Å². The molecule has 1 rings (SSSR count). The number of aryl methyl sites for hydroxylation is 1. The fourth-order valence-corrected chi connectivity index (χ4v) is 1.92. The summed E-state index contributed by atoms with van der Waals surface area (Å²) < 4.78 is 1.99. The Hall–Kier alpha value is -0.860. The molecule has 1 aromatic heterocycles. The summed E-state index contributed by atoms with van der Waals surface area (Å²) in [6, 6.07) is 0. The van der Waals surface area contributed by atoms with Gasteiger partial charge >= 0.3 is 0 Å². The zero-order valence-electron chi connectivity index (χ0n) is 11.7. The second-order valence-electron chi connectivity index (χ2n) is 5.18. The highest BCUT2D eigenvalue weighted by molar-refractivity contribution is 4.97. The van der Waals surface area contributed by atoms with E-state index in [1.54, 1.807) is 0 Å². The Morgan fingerprint density at radius 1 is 1.06 bits per heavy atom. The van der Waals surface area contributed by atoms with Gasteiger partial charge in [-0.25, -0.2) is 0 Å². The van der Waals surface area contributed by atoms with Crippen LogP contribution in [0.1, 0.15) is 77.3 Å². The lowest BCUT2D eigenvalue weighted by molar-refractivity contribution is 0.513. The van der Waals surface area contributed by atoms with Crippen LogP contribution in [0, 0.1) is 0 Å². The highest BCUT2D eigenvalue weighted by atomic mass is 15.4. The minimum atomic E-state index is 0.484.